The second kappa shape index (κ2) is 10.4. The van der Waals surface area contributed by atoms with Gasteiger partial charge in [0, 0.05) is 44.2 Å². The van der Waals surface area contributed by atoms with E-state index in [0.717, 1.165) is 43.2 Å². The lowest BCUT2D eigenvalue weighted by Crippen LogP contribution is -2.44. The van der Waals surface area contributed by atoms with Crippen LogP contribution in [0.3, 0.4) is 0 Å². The van der Waals surface area contributed by atoms with Crippen molar-refractivity contribution >= 4 is 23.4 Å². The number of amides is 1. The van der Waals surface area contributed by atoms with E-state index in [1.807, 2.05) is 24.3 Å². The van der Waals surface area contributed by atoms with E-state index in [1.165, 1.54) is 11.3 Å². The summed E-state index contributed by atoms with van der Waals surface area (Å²) >= 11 is 1.62. The van der Waals surface area contributed by atoms with E-state index in [9.17, 15) is 4.79 Å². The molecule has 0 aliphatic carbocycles. The Kier molecular flexibility index (Phi) is 7.62. The number of carbonyl (C=O) groups excluding carboxylic acids is 1. The van der Waals surface area contributed by atoms with Gasteiger partial charge in [-0.2, -0.15) is 0 Å². The summed E-state index contributed by atoms with van der Waals surface area (Å²) in [6.45, 7) is 4.92. The maximum absolute atomic E-state index is 12.1. The lowest BCUT2D eigenvalue weighted by atomic mass is 10.2. The Balaban J connectivity index is 1.37. The van der Waals surface area contributed by atoms with Crippen molar-refractivity contribution in [2.45, 2.75) is 12.3 Å². The van der Waals surface area contributed by atoms with Gasteiger partial charge in [0.15, 0.2) is 0 Å². The monoisotopic (exact) mass is 399 g/mol. The molecule has 1 heterocycles. The standard InChI is InChI=1S/C22H29N3O2S/c1-24-11-13-25(14-12-24)20-7-3-18(4-8-20)15-23-22(26)17-28-16-19-5-9-21(27-2)10-6-19/h3-10H,11-17H2,1-2H3,(H,23,26). The molecule has 1 aliphatic heterocycles. The van der Waals surface area contributed by atoms with Crippen LogP contribution in [0.5, 0.6) is 5.75 Å². The fourth-order valence-corrected chi connectivity index (χ4v) is 3.94. The van der Waals surface area contributed by atoms with Crippen LogP contribution in [0.2, 0.25) is 0 Å². The molecule has 2 aromatic rings. The van der Waals surface area contributed by atoms with E-state index in [1.54, 1.807) is 18.9 Å². The number of methoxy groups -OCH3 is 1. The third-order valence-electron chi connectivity index (χ3n) is 4.96. The zero-order valence-electron chi connectivity index (χ0n) is 16.7. The van der Waals surface area contributed by atoms with Crippen molar-refractivity contribution in [3.8, 4) is 5.75 Å². The molecule has 0 saturated carbocycles. The van der Waals surface area contributed by atoms with Crippen LogP contribution >= 0.6 is 11.8 Å². The second-order valence-corrected chi connectivity index (χ2v) is 8.06. The first kappa shape index (κ1) is 20.6. The van der Waals surface area contributed by atoms with Crippen molar-refractivity contribution < 1.29 is 9.53 Å². The molecule has 150 valence electrons. The first-order valence-corrected chi connectivity index (χ1v) is 10.8. The molecule has 0 spiro atoms. The Labute approximate surface area is 172 Å². The predicted octanol–water partition coefficient (Wildman–Crippen LogP) is 3.00. The first-order chi connectivity index (χ1) is 13.6. The Morgan fingerprint density at radius 1 is 1.00 bits per heavy atom. The maximum atomic E-state index is 12.1. The second-order valence-electron chi connectivity index (χ2n) is 7.07. The Hall–Kier alpha value is -2.18. The number of rotatable bonds is 8. The quantitative estimate of drug-likeness (QED) is 0.739. The Bertz CT molecular complexity index is 741. The van der Waals surface area contributed by atoms with Crippen molar-refractivity contribution in [2.75, 3.05) is 51.0 Å². The highest BCUT2D eigenvalue weighted by Gasteiger charge is 2.14. The van der Waals surface area contributed by atoms with Gasteiger partial charge in [-0.05, 0) is 42.4 Å². The van der Waals surface area contributed by atoms with Crippen LogP contribution in [0, 0.1) is 0 Å². The van der Waals surface area contributed by atoms with Gasteiger partial charge in [-0.3, -0.25) is 4.79 Å². The van der Waals surface area contributed by atoms with E-state index in [0.29, 0.717) is 12.3 Å². The largest absolute Gasteiger partial charge is 0.497 e. The van der Waals surface area contributed by atoms with Gasteiger partial charge in [0.25, 0.3) is 0 Å². The number of piperazine rings is 1. The fraction of sp³-hybridized carbons (Fsp3) is 0.409. The van der Waals surface area contributed by atoms with Gasteiger partial charge >= 0.3 is 0 Å². The van der Waals surface area contributed by atoms with Crippen molar-refractivity contribution in [3.63, 3.8) is 0 Å². The number of likely N-dealkylation sites (N-methyl/N-ethyl adjacent to an activating group) is 1. The average molecular weight is 400 g/mol. The van der Waals surface area contributed by atoms with E-state index in [-0.39, 0.29) is 5.91 Å². The molecule has 28 heavy (non-hydrogen) atoms. The maximum Gasteiger partial charge on any atom is 0.230 e. The van der Waals surface area contributed by atoms with Gasteiger partial charge in [-0.15, -0.1) is 11.8 Å². The minimum Gasteiger partial charge on any atom is -0.497 e. The van der Waals surface area contributed by atoms with E-state index in [2.05, 4.69) is 46.4 Å². The number of thioether (sulfide) groups is 1. The molecule has 1 saturated heterocycles. The number of carbonyl (C=O) groups is 1. The smallest absolute Gasteiger partial charge is 0.230 e. The van der Waals surface area contributed by atoms with Crippen LogP contribution in [-0.4, -0.2) is 56.9 Å². The van der Waals surface area contributed by atoms with Crippen LogP contribution in [0.25, 0.3) is 0 Å². The molecular formula is C22H29N3O2S. The molecule has 1 aliphatic rings. The number of nitrogens with zero attached hydrogens (tertiary/aromatic N) is 2. The molecule has 0 unspecified atom stereocenters. The summed E-state index contributed by atoms with van der Waals surface area (Å²) in [6, 6.07) is 16.5. The zero-order chi connectivity index (χ0) is 19.8. The molecule has 0 radical (unpaired) electrons. The fourth-order valence-electron chi connectivity index (χ4n) is 3.12. The number of benzene rings is 2. The number of ether oxygens (including phenoxy) is 1. The average Bonchev–Trinajstić information content (AvgIpc) is 2.74. The van der Waals surface area contributed by atoms with Gasteiger partial charge in [-0.1, -0.05) is 24.3 Å². The van der Waals surface area contributed by atoms with Gasteiger partial charge in [-0.25, -0.2) is 0 Å². The van der Waals surface area contributed by atoms with Crippen LogP contribution < -0.4 is 15.0 Å². The Morgan fingerprint density at radius 3 is 2.29 bits per heavy atom. The summed E-state index contributed by atoms with van der Waals surface area (Å²) < 4.78 is 5.16. The lowest BCUT2D eigenvalue weighted by molar-refractivity contribution is -0.118. The van der Waals surface area contributed by atoms with Crippen molar-refractivity contribution in [1.82, 2.24) is 10.2 Å². The zero-order valence-corrected chi connectivity index (χ0v) is 17.5. The number of hydrogen-bond acceptors (Lipinski definition) is 5. The van der Waals surface area contributed by atoms with Crippen molar-refractivity contribution in [3.05, 3.63) is 59.7 Å². The highest BCUT2D eigenvalue weighted by molar-refractivity contribution is 7.99. The summed E-state index contributed by atoms with van der Waals surface area (Å²) in [4.78, 5) is 16.9. The molecule has 5 nitrogen and oxygen atoms in total. The third-order valence-corrected chi connectivity index (χ3v) is 5.96. The lowest BCUT2D eigenvalue weighted by Gasteiger charge is -2.34. The van der Waals surface area contributed by atoms with Crippen LogP contribution in [0.1, 0.15) is 11.1 Å². The summed E-state index contributed by atoms with van der Waals surface area (Å²) in [5, 5.41) is 3.01. The molecule has 1 fully saturated rings. The highest BCUT2D eigenvalue weighted by atomic mass is 32.2. The van der Waals surface area contributed by atoms with Gasteiger partial charge in [0.2, 0.25) is 5.91 Å². The molecule has 2 aromatic carbocycles. The first-order valence-electron chi connectivity index (χ1n) is 9.64. The van der Waals surface area contributed by atoms with Crippen LogP contribution in [0.15, 0.2) is 48.5 Å². The predicted molar refractivity (Wildman–Crippen MR) is 117 cm³/mol. The highest BCUT2D eigenvalue weighted by Crippen LogP contribution is 2.18. The van der Waals surface area contributed by atoms with Gasteiger partial charge in [0.1, 0.15) is 5.75 Å². The SMILES string of the molecule is COc1ccc(CSCC(=O)NCc2ccc(N3CCN(C)CC3)cc2)cc1. The molecule has 0 atom stereocenters. The molecular weight excluding hydrogens is 370 g/mol. The molecule has 0 bridgehead atoms. The van der Waals surface area contributed by atoms with Crippen molar-refractivity contribution in [2.24, 2.45) is 0 Å². The van der Waals surface area contributed by atoms with Gasteiger partial charge < -0.3 is 19.9 Å². The normalized spacial score (nSPS) is 14.7. The molecule has 6 heteroatoms. The molecule has 0 aromatic heterocycles. The summed E-state index contributed by atoms with van der Waals surface area (Å²) in [5.41, 5.74) is 3.59. The van der Waals surface area contributed by atoms with Gasteiger partial charge in [0.05, 0.1) is 12.9 Å². The Morgan fingerprint density at radius 2 is 1.64 bits per heavy atom. The number of hydrogen-bond donors (Lipinski definition) is 1. The number of anilines is 1. The van der Waals surface area contributed by atoms with E-state index < -0.39 is 0 Å². The van der Waals surface area contributed by atoms with E-state index in [4.69, 9.17) is 4.74 Å². The number of nitrogens with one attached hydrogen (secondary N) is 1. The molecule has 3 rings (SSSR count). The van der Waals surface area contributed by atoms with Crippen LogP contribution in [0.4, 0.5) is 5.69 Å². The van der Waals surface area contributed by atoms with Crippen molar-refractivity contribution in [1.29, 1.82) is 0 Å². The minimum atomic E-state index is 0.0710. The molecule has 1 N–H and O–H groups in total. The summed E-state index contributed by atoms with van der Waals surface area (Å²) in [6.07, 6.45) is 0. The summed E-state index contributed by atoms with van der Waals surface area (Å²) in [7, 11) is 3.83. The molecule has 1 amide bonds. The summed E-state index contributed by atoms with van der Waals surface area (Å²) in [5.74, 6) is 2.20. The topological polar surface area (TPSA) is 44.8 Å². The van der Waals surface area contributed by atoms with Crippen LogP contribution in [-0.2, 0) is 17.1 Å². The minimum absolute atomic E-state index is 0.0710. The van der Waals surface area contributed by atoms with E-state index >= 15 is 0 Å². The third kappa shape index (κ3) is 6.17.